The minimum absolute atomic E-state index is 0.142. The minimum atomic E-state index is -0.142. The lowest BCUT2D eigenvalue weighted by Crippen LogP contribution is -2.11. The molecular weight excluding hydrogens is 268 g/mol. The zero-order valence-electron chi connectivity index (χ0n) is 8.83. The number of rotatable bonds is 2. The fourth-order valence-corrected chi connectivity index (χ4v) is 1.61. The molecule has 0 bridgehead atoms. The first-order valence-corrected chi connectivity index (χ1v) is 5.74. The second-order valence-corrected chi connectivity index (χ2v) is 4.52. The molecule has 0 radical (unpaired) electrons. The maximum absolute atomic E-state index is 11.3. The molecule has 0 atom stereocenters. The van der Waals surface area contributed by atoms with Gasteiger partial charge in [0.1, 0.15) is 10.3 Å². The molecule has 0 aliphatic heterocycles. The third-order valence-electron chi connectivity index (χ3n) is 2.30. The van der Waals surface area contributed by atoms with E-state index in [1.54, 1.807) is 0 Å². The Morgan fingerprint density at radius 1 is 1.31 bits per heavy atom. The van der Waals surface area contributed by atoms with E-state index in [2.05, 4.69) is 25.9 Å². The van der Waals surface area contributed by atoms with Gasteiger partial charge in [0, 0.05) is 12.6 Å². The zero-order chi connectivity index (χ0) is 11.5. The number of aromatic nitrogens is 2. The van der Waals surface area contributed by atoms with Gasteiger partial charge in [0.15, 0.2) is 0 Å². The molecule has 2 rings (SSSR count). The molecule has 1 aromatic heterocycles. The molecule has 1 aromatic carbocycles. The molecule has 0 fully saturated rings. The second kappa shape index (κ2) is 4.61. The van der Waals surface area contributed by atoms with Crippen LogP contribution in [0.2, 0.25) is 0 Å². The summed E-state index contributed by atoms with van der Waals surface area (Å²) in [4.78, 5) is 18.2. The van der Waals surface area contributed by atoms with Crippen molar-refractivity contribution in [2.45, 2.75) is 13.3 Å². The van der Waals surface area contributed by atoms with Crippen molar-refractivity contribution in [3.05, 3.63) is 62.2 Å². The molecule has 4 heteroatoms. The monoisotopic (exact) mass is 278 g/mol. The summed E-state index contributed by atoms with van der Waals surface area (Å²) in [5.74, 6) is 0.678. The highest BCUT2D eigenvalue weighted by Crippen LogP contribution is 2.07. The van der Waals surface area contributed by atoms with Crippen molar-refractivity contribution >= 4 is 15.9 Å². The van der Waals surface area contributed by atoms with Crippen molar-refractivity contribution in [2.75, 3.05) is 0 Å². The van der Waals surface area contributed by atoms with E-state index in [0.29, 0.717) is 16.7 Å². The smallest absolute Gasteiger partial charge is 0.265 e. The number of aromatic amines is 1. The number of aryl methyl sites for hydroxylation is 1. The first-order chi connectivity index (χ1) is 7.65. The lowest BCUT2D eigenvalue weighted by Gasteiger charge is -2.01. The van der Waals surface area contributed by atoms with Crippen LogP contribution in [0.3, 0.4) is 0 Å². The van der Waals surface area contributed by atoms with E-state index in [1.807, 2.05) is 31.2 Å². The Labute approximate surface area is 102 Å². The number of H-pyrrole nitrogens is 1. The largest absolute Gasteiger partial charge is 0.309 e. The lowest BCUT2D eigenvalue weighted by atomic mass is 10.1. The van der Waals surface area contributed by atoms with Crippen LogP contribution in [-0.4, -0.2) is 9.97 Å². The Kier molecular flexibility index (Phi) is 3.19. The first kappa shape index (κ1) is 11.1. The summed E-state index contributed by atoms with van der Waals surface area (Å²) in [5.41, 5.74) is 2.22. The van der Waals surface area contributed by atoms with Gasteiger partial charge in [0.25, 0.3) is 5.56 Å². The van der Waals surface area contributed by atoms with Gasteiger partial charge in [-0.25, -0.2) is 4.98 Å². The third-order valence-corrected chi connectivity index (χ3v) is 2.87. The van der Waals surface area contributed by atoms with Gasteiger partial charge in [-0.2, -0.15) is 0 Å². The normalized spacial score (nSPS) is 10.4. The molecule has 1 heterocycles. The second-order valence-electron chi connectivity index (χ2n) is 3.67. The summed E-state index contributed by atoms with van der Waals surface area (Å²) in [6.07, 6.45) is 2.17. The van der Waals surface area contributed by atoms with Crippen LogP contribution in [-0.2, 0) is 6.42 Å². The number of benzene rings is 1. The molecule has 0 spiro atoms. The predicted molar refractivity (Wildman–Crippen MR) is 66.5 cm³/mol. The fraction of sp³-hybridized carbons (Fsp3) is 0.167. The molecule has 3 nitrogen and oxygen atoms in total. The molecule has 2 aromatic rings. The van der Waals surface area contributed by atoms with Crippen LogP contribution in [0, 0.1) is 6.92 Å². The first-order valence-electron chi connectivity index (χ1n) is 4.94. The number of hydrogen-bond acceptors (Lipinski definition) is 2. The van der Waals surface area contributed by atoms with Gasteiger partial charge in [0.05, 0.1) is 0 Å². The molecular formula is C12H11BrN2O. The molecule has 0 unspecified atom stereocenters. The molecule has 82 valence electrons. The number of halogens is 1. The summed E-state index contributed by atoms with van der Waals surface area (Å²) in [5, 5.41) is 0. The lowest BCUT2D eigenvalue weighted by molar-refractivity contribution is 0.937. The SMILES string of the molecule is Cc1ccc(Cc2ncc(Br)c(=O)[nH]2)cc1. The van der Waals surface area contributed by atoms with Gasteiger partial charge in [-0.15, -0.1) is 0 Å². The summed E-state index contributed by atoms with van der Waals surface area (Å²) in [6.45, 7) is 2.05. The Morgan fingerprint density at radius 2 is 2.00 bits per heavy atom. The highest BCUT2D eigenvalue weighted by molar-refractivity contribution is 9.10. The van der Waals surface area contributed by atoms with Crippen molar-refractivity contribution in [3.8, 4) is 0 Å². The van der Waals surface area contributed by atoms with E-state index < -0.39 is 0 Å². The number of hydrogen-bond donors (Lipinski definition) is 1. The highest BCUT2D eigenvalue weighted by Gasteiger charge is 2.01. The highest BCUT2D eigenvalue weighted by atomic mass is 79.9. The van der Waals surface area contributed by atoms with Gasteiger partial charge in [0.2, 0.25) is 0 Å². The maximum Gasteiger partial charge on any atom is 0.265 e. The Balaban J connectivity index is 2.24. The third kappa shape index (κ3) is 2.58. The van der Waals surface area contributed by atoms with E-state index in [0.717, 1.165) is 5.56 Å². The predicted octanol–water partition coefficient (Wildman–Crippen LogP) is 2.43. The molecule has 0 saturated carbocycles. The van der Waals surface area contributed by atoms with E-state index in [9.17, 15) is 4.79 Å². The van der Waals surface area contributed by atoms with E-state index >= 15 is 0 Å². The van der Waals surface area contributed by atoms with Crippen molar-refractivity contribution in [1.82, 2.24) is 9.97 Å². The number of nitrogens with one attached hydrogen (secondary N) is 1. The van der Waals surface area contributed by atoms with Crippen molar-refractivity contribution in [1.29, 1.82) is 0 Å². The summed E-state index contributed by atoms with van der Waals surface area (Å²) < 4.78 is 0.458. The molecule has 0 saturated heterocycles. The quantitative estimate of drug-likeness (QED) is 0.917. The van der Waals surface area contributed by atoms with Crippen LogP contribution >= 0.6 is 15.9 Å². The average Bonchev–Trinajstić information content (AvgIpc) is 2.27. The maximum atomic E-state index is 11.3. The van der Waals surface area contributed by atoms with Gasteiger partial charge in [-0.05, 0) is 28.4 Å². The van der Waals surface area contributed by atoms with Crippen molar-refractivity contribution in [3.63, 3.8) is 0 Å². The van der Waals surface area contributed by atoms with E-state index in [1.165, 1.54) is 11.8 Å². The van der Waals surface area contributed by atoms with Crippen molar-refractivity contribution < 1.29 is 0 Å². The van der Waals surface area contributed by atoms with Crippen LogP contribution in [0.1, 0.15) is 17.0 Å². The molecule has 0 aliphatic carbocycles. The molecule has 0 amide bonds. The van der Waals surface area contributed by atoms with Gasteiger partial charge >= 0.3 is 0 Å². The van der Waals surface area contributed by atoms with Crippen LogP contribution < -0.4 is 5.56 Å². The van der Waals surface area contributed by atoms with Gasteiger partial charge in [-0.3, -0.25) is 4.79 Å². The summed E-state index contributed by atoms with van der Waals surface area (Å²) in [7, 11) is 0. The topological polar surface area (TPSA) is 45.8 Å². The minimum Gasteiger partial charge on any atom is -0.309 e. The van der Waals surface area contributed by atoms with Gasteiger partial charge < -0.3 is 4.98 Å². The van der Waals surface area contributed by atoms with E-state index in [4.69, 9.17) is 0 Å². The number of nitrogens with zero attached hydrogens (tertiary/aromatic N) is 1. The Bertz CT molecular complexity index is 546. The van der Waals surface area contributed by atoms with Crippen LogP contribution in [0.15, 0.2) is 39.7 Å². The van der Waals surface area contributed by atoms with Crippen LogP contribution in [0.5, 0.6) is 0 Å². The van der Waals surface area contributed by atoms with Gasteiger partial charge in [-0.1, -0.05) is 29.8 Å². The Hall–Kier alpha value is -1.42. The molecule has 16 heavy (non-hydrogen) atoms. The summed E-state index contributed by atoms with van der Waals surface area (Å²) >= 11 is 3.12. The van der Waals surface area contributed by atoms with Crippen molar-refractivity contribution in [2.24, 2.45) is 0 Å². The standard InChI is InChI=1S/C12H11BrN2O/c1-8-2-4-9(5-3-8)6-11-14-7-10(13)12(16)15-11/h2-5,7H,6H2,1H3,(H,14,15,16). The van der Waals surface area contributed by atoms with Crippen LogP contribution in [0.4, 0.5) is 0 Å². The molecule has 1 N–H and O–H groups in total. The Morgan fingerprint density at radius 3 is 2.62 bits per heavy atom. The van der Waals surface area contributed by atoms with E-state index in [-0.39, 0.29) is 5.56 Å². The summed E-state index contributed by atoms with van der Waals surface area (Å²) in [6, 6.07) is 8.17. The molecule has 0 aliphatic rings. The zero-order valence-corrected chi connectivity index (χ0v) is 10.4. The fourth-order valence-electron chi connectivity index (χ4n) is 1.41. The van der Waals surface area contributed by atoms with Crippen LogP contribution in [0.25, 0.3) is 0 Å². The average molecular weight is 279 g/mol.